The van der Waals surface area contributed by atoms with E-state index in [-0.39, 0.29) is 5.91 Å². The maximum absolute atomic E-state index is 12.4. The third-order valence-corrected chi connectivity index (χ3v) is 6.22. The summed E-state index contributed by atoms with van der Waals surface area (Å²) in [6.45, 7) is 0.464. The second-order valence-corrected chi connectivity index (χ2v) is 8.92. The molecule has 1 heterocycles. The maximum Gasteiger partial charge on any atom is 0.503 e. The molecule has 1 amide bonds. The molecule has 0 unspecified atom stereocenters. The molecule has 1 aromatic carbocycles. The maximum atomic E-state index is 12.4. The molecule has 4 rings (SSSR count). The van der Waals surface area contributed by atoms with Crippen molar-refractivity contribution in [3.05, 3.63) is 34.8 Å². The molecule has 9 nitrogen and oxygen atoms in total. The van der Waals surface area contributed by atoms with E-state index in [4.69, 9.17) is 24.5 Å². The number of nitrogens with zero attached hydrogens (tertiary/aromatic N) is 2. The number of hydrogen-bond acceptors (Lipinski definition) is 7. The van der Waals surface area contributed by atoms with Gasteiger partial charge < -0.3 is 19.7 Å². The van der Waals surface area contributed by atoms with Crippen LogP contribution in [0.2, 0.25) is 0 Å². The molecule has 2 fully saturated rings. The van der Waals surface area contributed by atoms with Crippen molar-refractivity contribution >= 4 is 28.5 Å². The zero-order chi connectivity index (χ0) is 22.8. The number of carbonyl (C=O) groups excluding carboxylic acids is 1. The molecule has 1 aromatic heterocycles. The summed E-state index contributed by atoms with van der Waals surface area (Å²) in [7, 11) is 0. The minimum absolute atomic E-state index is 0.191. The van der Waals surface area contributed by atoms with Gasteiger partial charge in [0, 0.05) is 5.56 Å². The first kappa shape index (κ1) is 23.9. The molecule has 0 bridgehead atoms. The predicted molar refractivity (Wildman–Crippen MR) is 120 cm³/mol. The van der Waals surface area contributed by atoms with Gasteiger partial charge in [0.25, 0.3) is 5.91 Å². The zero-order valence-electron chi connectivity index (χ0n) is 17.9. The van der Waals surface area contributed by atoms with Crippen molar-refractivity contribution in [3.8, 4) is 5.75 Å². The molecule has 174 valence electrons. The van der Waals surface area contributed by atoms with Crippen molar-refractivity contribution in [3.63, 3.8) is 0 Å². The quantitative estimate of drug-likeness (QED) is 0.512. The Kier molecular flexibility index (Phi) is 9.24. The number of amides is 1. The predicted octanol–water partition coefficient (Wildman–Crippen LogP) is 5.18. The van der Waals surface area contributed by atoms with E-state index in [9.17, 15) is 4.79 Å². The number of carbonyl (C=O) groups is 2. The van der Waals surface area contributed by atoms with Gasteiger partial charge in [-0.3, -0.25) is 10.1 Å². The molecule has 3 N–H and O–H groups in total. The fraction of sp³-hybridized carbons (Fsp3) is 0.545. The Labute approximate surface area is 190 Å². The lowest BCUT2D eigenvalue weighted by Gasteiger charge is -2.23. The number of ether oxygens (including phenoxy) is 2. The molecule has 0 spiro atoms. The molecule has 0 aliphatic heterocycles. The molecule has 2 saturated carbocycles. The first-order valence-corrected chi connectivity index (χ1v) is 11.7. The van der Waals surface area contributed by atoms with Gasteiger partial charge in [0.2, 0.25) is 5.13 Å². The Morgan fingerprint density at radius 1 is 0.938 bits per heavy atom. The summed E-state index contributed by atoms with van der Waals surface area (Å²) in [6.07, 6.45) is 9.57. The van der Waals surface area contributed by atoms with Crippen LogP contribution >= 0.6 is 11.3 Å². The highest BCUT2D eigenvalue weighted by atomic mass is 32.1. The Morgan fingerprint density at radius 2 is 1.53 bits per heavy atom. The van der Waals surface area contributed by atoms with Crippen LogP contribution in [0.5, 0.6) is 5.75 Å². The third kappa shape index (κ3) is 8.08. The second kappa shape index (κ2) is 12.4. The molecular formula is C22H29N3O6S. The van der Waals surface area contributed by atoms with Gasteiger partial charge in [-0.1, -0.05) is 30.6 Å². The lowest BCUT2D eigenvalue weighted by molar-refractivity contribution is 0.0453. The number of nitrogens with one attached hydrogen (secondary N) is 1. The summed E-state index contributed by atoms with van der Waals surface area (Å²) in [5, 5.41) is 26.2. The zero-order valence-corrected chi connectivity index (χ0v) is 18.7. The number of rotatable bonds is 7. The van der Waals surface area contributed by atoms with Crippen molar-refractivity contribution in [1.82, 2.24) is 10.2 Å². The van der Waals surface area contributed by atoms with Crippen LogP contribution in [0.1, 0.15) is 73.2 Å². The van der Waals surface area contributed by atoms with E-state index in [1.807, 2.05) is 12.1 Å². The molecule has 0 saturated heterocycles. The molecule has 2 aliphatic rings. The highest BCUT2D eigenvalue weighted by molar-refractivity contribution is 7.15. The van der Waals surface area contributed by atoms with Crippen molar-refractivity contribution in [2.45, 2.75) is 76.6 Å². The number of hydrogen-bond donors (Lipinski definition) is 3. The Hall–Kier alpha value is -2.72. The van der Waals surface area contributed by atoms with E-state index in [0.29, 0.717) is 29.5 Å². The van der Waals surface area contributed by atoms with Gasteiger partial charge >= 0.3 is 6.16 Å². The van der Waals surface area contributed by atoms with Crippen LogP contribution in [-0.2, 0) is 11.3 Å². The van der Waals surface area contributed by atoms with Crippen LogP contribution < -0.4 is 10.1 Å². The summed E-state index contributed by atoms with van der Waals surface area (Å²) in [5.74, 6) is 0.634. The molecular weight excluding hydrogens is 434 g/mol. The van der Waals surface area contributed by atoms with Gasteiger partial charge in [-0.05, 0) is 62.8 Å². The van der Waals surface area contributed by atoms with Crippen LogP contribution in [0.25, 0.3) is 0 Å². The van der Waals surface area contributed by atoms with Crippen LogP contribution in [-0.4, -0.2) is 44.7 Å². The second-order valence-electron chi connectivity index (χ2n) is 7.86. The topological polar surface area (TPSA) is 131 Å². The van der Waals surface area contributed by atoms with E-state index < -0.39 is 6.16 Å². The van der Waals surface area contributed by atoms with Crippen molar-refractivity contribution < 1.29 is 29.3 Å². The number of aromatic nitrogens is 2. The molecule has 32 heavy (non-hydrogen) atoms. The van der Waals surface area contributed by atoms with Crippen molar-refractivity contribution in [2.75, 3.05) is 5.32 Å². The van der Waals surface area contributed by atoms with E-state index in [1.54, 1.807) is 12.1 Å². The Morgan fingerprint density at radius 3 is 2.19 bits per heavy atom. The Balaban J connectivity index is 0.000000668. The average Bonchev–Trinajstić information content (AvgIpc) is 3.45. The average molecular weight is 464 g/mol. The van der Waals surface area contributed by atoms with E-state index >= 15 is 0 Å². The summed E-state index contributed by atoms with van der Waals surface area (Å²) in [5.41, 5.74) is 0.579. The molecule has 2 aliphatic carbocycles. The summed E-state index contributed by atoms with van der Waals surface area (Å²) < 4.78 is 11.9. The lowest BCUT2D eigenvalue weighted by atomic mass is 9.98. The molecule has 10 heteroatoms. The van der Waals surface area contributed by atoms with Gasteiger partial charge in [0.1, 0.15) is 17.4 Å². The standard InChI is InChI=1S/C21H27N3O3S.CH2O3/c25-20(15-10-12-18(13-11-15)27-17-8-2-1-3-9-17)22-21-24-23-19(28-21)14-26-16-6-4-5-7-16;2-1(3)4/h10-13,16-17H,1-9,14H2,(H,22,24,25);(H2,2,3,4). The number of anilines is 1. The van der Waals surface area contributed by atoms with Crippen LogP contribution in [0.15, 0.2) is 24.3 Å². The summed E-state index contributed by atoms with van der Waals surface area (Å²) in [4.78, 5) is 21.0. The summed E-state index contributed by atoms with van der Waals surface area (Å²) in [6, 6.07) is 7.31. The largest absolute Gasteiger partial charge is 0.503 e. The first-order valence-electron chi connectivity index (χ1n) is 10.9. The Bertz CT molecular complexity index is 857. The monoisotopic (exact) mass is 463 g/mol. The summed E-state index contributed by atoms with van der Waals surface area (Å²) >= 11 is 1.36. The van der Waals surface area contributed by atoms with Gasteiger partial charge in [-0.15, -0.1) is 10.2 Å². The molecule has 0 atom stereocenters. The van der Waals surface area contributed by atoms with Gasteiger partial charge in [0.05, 0.1) is 12.2 Å². The highest BCUT2D eigenvalue weighted by Crippen LogP contribution is 2.25. The molecule has 0 radical (unpaired) electrons. The third-order valence-electron chi connectivity index (χ3n) is 5.40. The normalized spacial score (nSPS) is 16.8. The van der Waals surface area contributed by atoms with E-state index in [0.717, 1.165) is 36.4 Å². The van der Waals surface area contributed by atoms with E-state index in [1.165, 1.54) is 43.4 Å². The minimum Gasteiger partial charge on any atom is -0.490 e. The molecule has 2 aromatic rings. The minimum atomic E-state index is -1.83. The van der Waals surface area contributed by atoms with Gasteiger partial charge in [0.15, 0.2) is 0 Å². The van der Waals surface area contributed by atoms with Crippen LogP contribution in [0.3, 0.4) is 0 Å². The smallest absolute Gasteiger partial charge is 0.490 e. The fourth-order valence-corrected chi connectivity index (χ4v) is 4.49. The van der Waals surface area contributed by atoms with Crippen LogP contribution in [0, 0.1) is 0 Å². The highest BCUT2D eigenvalue weighted by Gasteiger charge is 2.17. The lowest BCUT2D eigenvalue weighted by Crippen LogP contribution is -2.19. The van der Waals surface area contributed by atoms with Gasteiger partial charge in [-0.25, -0.2) is 4.79 Å². The van der Waals surface area contributed by atoms with E-state index in [2.05, 4.69) is 15.5 Å². The van der Waals surface area contributed by atoms with Gasteiger partial charge in [-0.2, -0.15) is 0 Å². The number of carboxylic acid groups (broad SMARTS) is 2. The fourth-order valence-electron chi connectivity index (χ4n) is 3.84. The number of benzene rings is 1. The van der Waals surface area contributed by atoms with Crippen molar-refractivity contribution in [2.24, 2.45) is 0 Å². The first-order chi connectivity index (χ1) is 15.5. The van der Waals surface area contributed by atoms with Crippen LogP contribution in [0.4, 0.5) is 9.93 Å². The SMILES string of the molecule is O=C(Nc1nnc(COC2CCCC2)s1)c1ccc(OC2CCCCC2)cc1.O=C(O)O. The van der Waals surface area contributed by atoms with Crippen molar-refractivity contribution in [1.29, 1.82) is 0 Å².